The first-order valence-electron chi connectivity index (χ1n) is 6.93. The molecule has 0 heterocycles. The van der Waals surface area contributed by atoms with Gasteiger partial charge in [-0.1, -0.05) is 41.3 Å². The molecule has 2 rings (SSSR count). The molecule has 20 heavy (non-hydrogen) atoms. The maximum atomic E-state index is 12.5. The van der Waals surface area contributed by atoms with Gasteiger partial charge in [0.1, 0.15) is 0 Å². The molecule has 0 spiro atoms. The highest BCUT2D eigenvalue weighted by molar-refractivity contribution is 9.10. The Balaban J connectivity index is 2.17. The van der Waals surface area contributed by atoms with Crippen molar-refractivity contribution < 1.29 is 9.53 Å². The lowest BCUT2D eigenvalue weighted by atomic mass is 9.82. The van der Waals surface area contributed by atoms with Gasteiger partial charge >= 0.3 is 0 Å². The van der Waals surface area contributed by atoms with Crippen LogP contribution in [0, 0.1) is 0 Å². The lowest BCUT2D eigenvalue weighted by Crippen LogP contribution is -2.52. The molecule has 0 atom stereocenters. The minimum atomic E-state index is -0.731. The second kappa shape index (κ2) is 6.70. The zero-order chi connectivity index (χ0) is 14.6. The molecule has 0 unspecified atom stereocenters. The van der Waals surface area contributed by atoms with E-state index < -0.39 is 5.54 Å². The van der Waals surface area contributed by atoms with Crippen LogP contribution in [0.3, 0.4) is 0 Å². The minimum Gasteiger partial charge on any atom is -0.380 e. The third kappa shape index (κ3) is 3.40. The van der Waals surface area contributed by atoms with Crippen molar-refractivity contribution in [2.45, 2.75) is 44.2 Å². The lowest BCUT2D eigenvalue weighted by Gasteiger charge is -2.32. The number of carbonyl (C=O) groups excluding carboxylic acids is 1. The van der Waals surface area contributed by atoms with Crippen LogP contribution in [0.5, 0.6) is 0 Å². The van der Waals surface area contributed by atoms with E-state index in [1.165, 1.54) is 0 Å². The van der Waals surface area contributed by atoms with Crippen LogP contribution in [0.15, 0.2) is 22.7 Å². The Morgan fingerprint density at radius 2 is 2.10 bits per heavy atom. The van der Waals surface area contributed by atoms with Gasteiger partial charge in [-0.2, -0.15) is 0 Å². The maximum Gasteiger partial charge on any atom is 0.244 e. The van der Waals surface area contributed by atoms with Crippen LogP contribution in [0.4, 0.5) is 5.69 Å². The fourth-order valence-corrected chi connectivity index (χ4v) is 3.10. The summed E-state index contributed by atoms with van der Waals surface area (Å²) >= 11 is 3.48. The fourth-order valence-electron chi connectivity index (χ4n) is 2.62. The molecule has 1 saturated carbocycles. The molecule has 110 valence electrons. The fraction of sp³-hybridized carbons (Fsp3) is 0.533. The summed E-state index contributed by atoms with van der Waals surface area (Å²) in [5, 5.41) is 2.97. The highest BCUT2D eigenvalue weighted by Crippen LogP contribution is 2.30. The Kier molecular flexibility index (Phi) is 5.18. The van der Waals surface area contributed by atoms with Crippen LogP contribution in [0.25, 0.3) is 0 Å². The summed E-state index contributed by atoms with van der Waals surface area (Å²) in [7, 11) is 1.64. The number of benzene rings is 1. The summed E-state index contributed by atoms with van der Waals surface area (Å²) in [6.45, 7) is 0.439. The molecule has 1 aliphatic rings. The lowest BCUT2D eigenvalue weighted by molar-refractivity contribution is -0.122. The third-order valence-electron chi connectivity index (χ3n) is 3.85. The van der Waals surface area contributed by atoms with Crippen molar-refractivity contribution in [2.24, 2.45) is 5.73 Å². The highest BCUT2D eigenvalue weighted by atomic mass is 79.9. The molecule has 3 N–H and O–H groups in total. The summed E-state index contributed by atoms with van der Waals surface area (Å²) in [6, 6.07) is 5.70. The zero-order valence-electron chi connectivity index (χ0n) is 11.7. The molecule has 4 nitrogen and oxygen atoms in total. The number of methoxy groups -OCH3 is 1. The molecule has 5 heteroatoms. The molecule has 1 aliphatic carbocycles. The van der Waals surface area contributed by atoms with E-state index in [9.17, 15) is 4.79 Å². The van der Waals surface area contributed by atoms with Gasteiger partial charge in [-0.25, -0.2) is 0 Å². The number of hydrogen-bond acceptors (Lipinski definition) is 3. The Morgan fingerprint density at radius 3 is 2.75 bits per heavy atom. The Bertz CT molecular complexity index is 485. The summed E-state index contributed by atoms with van der Waals surface area (Å²) in [5.74, 6) is -0.0901. The third-order valence-corrected chi connectivity index (χ3v) is 4.60. The Hall–Kier alpha value is -0.910. The van der Waals surface area contributed by atoms with Gasteiger partial charge < -0.3 is 15.8 Å². The molecule has 0 aliphatic heterocycles. The monoisotopic (exact) mass is 340 g/mol. The van der Waals surface area contributed by atoms with E-state index in [-0.39, 0.29) is 5.91 Å². The van der Waals surface area contributed by atoms with E-state index >= 15 is 0 Å². The largest absolute Gasteiger partial charge is 0.380 e. The van der Waals surface area contributed by atoms with Crippen LogP contribution in [0.1, 0.15) is 37.7 Å². The first kappa shape index (κ1) is 15.5. The summed E-state index contributed by atoms with van der Waals surface area (Å²) in [5.41, 5.74) is 7.22. The van der Waals surface area contributed by atoms with Gasteiger partial charge in [-0.05, 0) is 25.0 Å². The predicted molar refractivity (Wildman–Crippen MR) is 83.5 cm³/mol. The molecule has 1 aromatic rings. The molecule has 0 bridgehead atoms. The average Bonchev–Trinajstić information content (AvgIpc) is 2.43. The van der Waals surface area contributed by atoms with Gasteiger partial charge in [0, 0.05) is 22.8 Å². The first-order chi connectivity index (χ1) is 9.57. The van der Waals surface area contributed by atoms with E-state index in [0.29, 0.717) is 6.61 Å². The number of amides is 1. The van der Waals surface area contributed by atoms with Gasteiger partial charge in [-0.15, -0.1) is 0 Å². The van der Waals surface area contributed by atoms with Gasteiger partial charge in [0.05, 0.1) is 12.1 Å². The SMILES string of the molecule is COCc1c(Br)cccc1NC(=O)C1(N)CCCCC1. The molecule has 1 amide bonds. The summed E-state index contributed by atoms with van der Waals surface area (Å²) in [4.78, 5) is 12.5. The predicted octanol–water partition coefficient (Wildman–Crippen LogP) is 3.20. The Morgan fingerprint density at radius 1 is 1.40 bits per heavy atom. The second-order valence-corrected chi connectivity index (χ2v) is 6.22. The van der Waals surface area contributed by atoms with Crippen molar-refractivity contribution in [2.75, 3.05) is 12.4 Å². The number of hydrogen-bond donors (Lipinski definition) is 2. The highest BCUT2D eigenvalue weighted by Gasteiger charge is 2.35. The quantitative estimate of drug-likeness (QED) is 0.884. The Labute approximate surface area is 128 Å². The van der Waals surface area contributed by atoms with E-state index in [4.69, 9.17) is 10.5 Å². The average molecular weight is 341 g/mol. The van der Waals surface area contributed by atoms with Crippen molar-refractivity contribution in [3.8, 4) is 0 Å². The minimum absolute atomic E-state index is 0.0901. The number of anilines is 1. The number of nitrogens with one attached hydrogen (secondary N) is 1. The van der Waals surface area contributed by atoms with Crippen molar-refractivity contribution >= 4 is 27.5 Å². The molecular formula is C15H21BrN2O2. The van der Waals surface area contributed by atoms with Gasteiger partial charge in [0.2, 0.25) is 5.91 Å². The standard InChI is InChI=1S/C15H21BrN2O2/c1-20-10-11-12(16)6-5-7-13(11)18-14(19)15(17)8-3-2-4-9-15/h5-7H,2-4,8-10,17H2,1H3,(H,18,19). The number of halogens is 1. The van der Waals surface area contributed by atoms with Gasteiger partial charge in [-0.3, -0.25) is 4.79 Å². The van der Waals surface area contributed by atoms with Crippen molar-refractivity contribution in [3.63, 3.8) is 0 Å². The van der Waals surface area contributed by atoms with Crippen molar-refractivity contribution in [1.29, 1.82) is 0 Å². The summed E-state index contributed by atoms with van der Waals surface area (Å²) in [6.07, 6.45) is 4.72. The smallest absolute Gasteiger partial charge is 0.244 e. The van der Waals surface area contributed by atoms with Crippen LogP contribution in [0.2, 0.25) is 0 Å². The first-order valence-corrected chi connectivity index (χ1v) is 7.73. The summed E-state index contributed by atoms with van der Waals surface area (Å²) < 4.78 is 6.11. The molecule has 0 saturated heterocycles. The number of nitrogens with two attached hydrogens (primary N) is 1. The van der Waals surface area contributed by atoms with Crippen LogP contribution >= 0.6 is 15.9 Å². The van der Waals surface area contributed by atoms with Gasteiger partial charge in [0.15, 0.2) is 0 Å². The van der Waals surface area contributed by atoms with Crippen LogP contribution < -0.4 is 11.1 Å². The number of carbonyl (C=O) groups is 1. The van der Waals surface area contributed by atoms with E-state index in [2.05, 4.69) is 21.2 Å². The molecule has 1 aromatic carbocycles. The molecule has 0 aromatic heterocycles. The second-order valence-electron chi connectivity index (χ2n) is 5.37. The molecule has 1 fully saturated rings. The van der Waals surface area contributed by atoms with E-state index in [1.807, 2.05) is 18.2 Å². The number of rotatable bonds is 4. The van der Waals surface area contributed by atoms with Crippen molar-refractivity contribution in [3.05, 3.63) is 28.2 Å². The van der Waals surface area contributed by atoms with E-state index in [0.717, 1.165) is 47.8 Å². The number of ether oxygens (including phenoxy) is 1. The van der Waals surface area contributed by atoms with Crippen LogP contribution in [-0.2, 0) is 16.1 Å². The molecular weight excluding hydrogens is 320 g/mol. The topological polar surface area (TPSA) is 64.3 Å². The van der Waals surface area contributed by atoms with Gasteiger partial charge in [0.25, 0.3) is 0 Å². The zero-order valence-corrected chi connectivity index (χ0v) is 13.3. The normalized spacial score (nSPS) is 17.8. The van der Waals surface area contributed by atoms with Crippen molar-refractivity contribution in [1.82, 2.24) is 0 Å². The van der Waals surface area contributed by atoms with E-state index in [1.54, 1.807) is 7.11 Å². The molecule has 0 radical (unpaired) electrons. The maximum absolute atomic E-state index is 12.5. The van der Waals surface area contributed by atoms with Crippen LogP contribution in [-0.4, -0.2) is 18.6 Å².